The van der Waals surface area contributed by atoms with Gasteiger partial charge in [0.1, 0.15) is 5.82 Å². The normalized spacial score (nSPS) is 10.7. The predicted octanol–water partition coefficient (Wildman–Crippen LogP) is 2.74. The highest BCUT2D eigenvalue weighted by atomic mass is 16.4. The van der Waals surface area contributed by atoms with Gasteiger partial charge in [0.05, 0.1) is 11.2 Å². The number of rotatable bonds is 3. The van der Waals surface area contributed by atoms with E-state index in [0.717, 1.165) is 11.3 Å². The van der Waals surface area contributed by atoms with Gasteiger partial charge in [-0.15, -0.1) is 0 Å². The first kappa shape index (κ1) is 12.2. The van der Waals surface area contributed by atoms with Crippen LogP contribution < -0.4 is 5.32 Å². The Kier molecular flexibility index (Phi) is 2.87. The van der Waals surface area contributed by atoms with Gasteiger partial charge in [0.15, 0.2) is 5.69 Å². The fourth-order valence-corrected chi connectivity index (χ4v) is 2.18. The topological polar surface area (TPSA) is 66.6 Å². The van der Waals surface area contributed by atoms with Crippen LogP contribution in [0.5, 0.6) is 0 Å². The number of pyridine rings is 1. The standard InChI is InChI=1S/C15H13N3O2/c1-16-11-7-8-12-13(15(19)20)17-14(18(12)9-11)10-5-3-2-4-6-10/h2-9,16H,1H3,(H,19,20). The maximum Gasteiger partial charge on any atom is 0.356 e. The van der Waals surface area contributed by atoms with Gasteiger partial charge in [0, 0.05) is 18.8 Å². The number of aromatic carboxylic acids is 1. The summed E-state index contributed by atoms with van der Waals surface area (Å²) in [7, 11) is 1.82. The van der Waals surface area contributed by atoms with Crippen LogP contribution in [-0.4, -0.2) is 27.5 Å². The number of hydrogen-bond acceptors (Lipinski definition) is 3. The number of nitrogens with one attached hydrogen (secondary N) is 1. The van der Waals surface area contributed by atoms with Crippen molar-refractivity contribution >= 4 is 17.2 Å². The largest absolute Gasteiger partial charge is 0.476 e. The van der Waals surface area contributed by atoms with Crippen molar-refractivity contribution in [3.05, 3.63) is 54.4 Å². The van der Waals surface area contributed by atoms with Crippen molar-refractivity contribution in [3.8, 4) is 11.4 Å². The van der Waals surface area contributed by atoms with Gasteiger partial charge < -0.3 is 10.4 Å². The van der Waals surface area contributed by atoms with E-state index >= 15 is 0 Å². The lowest BCUT2D eigenvalue weighted by atomic mass is 10.2. The quantitative estimate of drug-likeness (QED) is 0.765. The van der Waals surface area contributed by atoms with Crippen molar-refractivity contribution in [2.45, 2.75) is 0 Å². The van der Waals surface area contributed by atoms with Gasteiger partial charge >= 0.3 is 5.97 Å². The Morgan fingerprint density at radius 3 is 2.60 bits per heavy atom. The Hall–Kier alpha value is -2.82. The van der Waals surface area contributed by atoms with Crippen molar-refractivity contribution in [2.24, 2.45) is 0 Å². The van der Waals surface area contributed by atoms with E-state index in [1.165, 1.54) is 0 Å². The first-order valence-corrected chi connectivity index (χ1v) is 6.19. The number of anilines is 1. The molecule has 0 aliphatic rings. The second kappa shape index (κ2) is 4.70. The SMILES string of the molecule is CNc1ccc2c(C(=O)O)nc(-c3ccccc3)n2c1. The van der Waals surface area contributed by atoms with Gasteiger partial charge in [-0.2, -0.15) is 0 Å². The third kappa shape index (κ3) is 1.89. The number of carbonyl (C=O) groups is 1. The molecule has 0 bridgehead atoms. The number of hydrogen-bond donors (Lipinski definition) is 2. The van der Waals surface area contributed by atoms with Crippen LogP contribution in [0.3, 0.4) is 0 Å². The summed E-state index contributed by atoms with van der Waals surface area (Å²) in [5.74, 6) is -0.406. The zero-order valence-electron chi connectivity index (χ0n) is 10.9. The van der Waals surface area contributed by atoms with Gasteiger partial charge in [0.2, 0.25) is 0 Å². The van der Waals surface area contributed by atoms with E-state index < -0.39 is 5.97 Å². The molecule has 0 atom stereocenters. The maximum atomic E-state index is 11.3. The number of benzene rings is 1. The van der Waals surface area contributed by atoms with E-state index in [9.17, 15) is 9.90 Å². The maximum absolute atomic E-state index is 11.3. The van der Waals surface area contributed by atoms with Crippen molar-refractivity contribution in [1.82, 2.24) is 9.38 Å². The van der Waals surface area contributed by atoms with E-state index in [2.05, 4.69) is 10.3 Å². The molecular weight excluding hydrogens is 254 g/mol. The van der Waals surface area contributed by atoms with Crippen LogP contribution in [0.1, 0.15) is 10.5 Å². The zero-order valence-corrected chi connectivity index (χ0v) is 10.9. The molecule has 0 saturated carbocycles. The minimum Gasteiger partial charge on any atom is -0.476 e. The fourth-order valence-electron chi connectivity index (χ4n) is 2.18. The van der Waals surface area contributed by atoms with Crippen LogP contribution in [-0.2, 0) is 0 Å². The van der Waals surface area contributed by atoms with Crippen molar-refractivity contribution in [3.63, 3.8) is 0 Å². The predicted molar refractivity (Wildman–Crippen MR) is 77.1 cm³/mol. The summed E-state index contributed by atoms with van der Waals surface area (Å²) in [5, 5.41) is 12.3. The van der Waals surface area contributed by atoms with Crippen molar-refractivity contribution < 1.29 is 9.90 Å². The van der Waals surface area contributed by atoms with Crippen LogP contribution >= 0.6 is 0 Å². The van der Waals surface area contributed by atoms with Gasteiger partial charge in [-0.3, -0.25) is 4.40 Å². The smallest absolute Gasteiger partial charge is 0.356 e. The molecule has 20 heavy (non-hydrogen) atoms. The summed E-state index contributed by atoms with van der Waals surface area (Å²) in [6.07, 6.45) is 1.84. The minimum atomic E-state index is -1.03. The van der Waals surface area contributed by atoms with E-state index in [4.69, 9.17) is 0 Å². The Labute approximate surface area is 115 Å². The molecule has 0 amide bonds. The van der Waals surface area contributed by atoms with Gasteiger partial charge in [-0.1, -0.05) is 30.3 Å². The molecule has 0 saturated heterocycles. The van der Waals surface area contributed by atoms with Crippen LogP contribution in [0.25, 0.3) is 16.9 Å². The number of imidazole rings is 1. The van der Waals surface area contributed by atoms with Gasteiger partial charge in [0.25, 0.3) is 0 Å². The molecule has 0 fully saturated rings. The lowest BCUT2D eigenvalue weighted by molar-refractivity contribution is 0.0693. The highest BCUT2D eigenvalue weighted by Gasteiger charge is 2.17. The summed E-state index contributed by atoms with van der Waals surface area (Å²) in [6, 6.07) is 13.1. The first-order valence-electron chi connectivity index (χ1n) is 6.19. The monoisotopic (exact) mass is 267 g/mol. The van der Waals surface area contributed by atoms with Crippen molar-refractivity contribution in [2.75, 3.05) is 12.4 Å². The average Bonchev–Trinajstić information content (AvgIpc) is 2.87. The third-order valence-electron chi connectivity index (χ3n) is 3.16. The molecule has 3 rings (SSSR count). The summed E-state index contributed by atoms with van der Waals surface area (Å²) < 4.78 is 1.80. The molecule has 3 aromatic rings. The van der Waals surface area contributed by atoms with E-state index in [0.29, 0.717) is 11.3 Å². The van der Waals surface area contributed by atoms with Crippen LogP contribution in [0, 0.1) is 0 Å². The van der Waals surface area contributed by atoms with Gasteiger partial charge in [-0.25, -0.2) is 9.78 Å². The van der Waals surface area contributed by atoms with Crippen LogP contribution in [0.15, 0.2) is 48.7 Å². The Bertz CT molecular complexity index is 778. The molecule has 0 radical (unpaired) electrons. The molecule has 2 heterocycles. The highest BCUT2D eigenvalue weighted by molar-refractivity contribution is 5.95. The molecule has 2 N–H and O–H groups in total. The van der Waals surface area contributed by atoms with Gasteiger partial charge in [-0.05, 0) is 12.1 Å². The van der Waals surface area contributed by atoms with Crippen LogP contribution in [0.4, 0.5) is 5.69 Å². The number of carboxylic acids is 1. The highest BCUT2D eigenvalue weighted by Crippen LogP contribution is 2.24. The Balaban J connectivity index is 2.33. The molecule has 100 valence electrons. The zero-order chi connectivity index (χ0) is 14.1. The lowest BCUT2D eigenvalue weighted by Crippen LogP contribution is -1.97. The summed E-state index contributed by atoms with van der Waals surface area (Å²) in [4.78, 5) is 15.6. The third-order valence-corrected chi connectivity index (χ3v) is 3.16. The van der Waals surface area contributed by atoms with E-state index in [1.807, 2.05) is 49.6 Å². The Morgan fingerprint density at radius 2 is 1.95 bits per heavy atom. The first-order chi connectivity index (χ1) is 9.70. The number of aromatic nitrogens is 2. The number of nitrogens with zero attached hydrogens (tertiary/aromatic N) is 2. The molecule has 0 aliphatic carbocycles. The summed E-state index contributed by atoms with van der Waals surface area (Å²) >= 11 is 0. The lowest BCUT2D eigenvalue weighted by Gasteiger charge is -2.04. The molecular formula is C15H13N3O2. The molecule has 0 unspecified atom stereocenters. The molecule has 0 aliphatic heterocycles. The summed E-state index contributed by atoms with van der Waals surface area (Å²) in [6.45, 7) is 0. The fraction of sp³-hybridized carbons (Fsp3) is 0.0667. The molecule has 2 aromatic heterocycles. The Morgan fingerprint density at radius 1 is 1.20 bits per heavy atom. The summed E-state index contributed by atoms with van der Waals surface area (Å²) in [5.41, 5.74) is 2.41. The second-order valence-corrected chi connectivity index (χ2v) is 4.38. The van der Waals surface area contributed by atoms with E-state index in [1.54, 1.807) is 10.5 Å². The molecule has 0 spiro atoms. The van der Waals surface area contributed by atoms with Crippen molar-refractivity contribution in [1.29, 1.82) is 0 Å². The van der Waals surface area contributed by atoms with E-state index in [-0.39, 0.29) is 5.69 Å². The molecule has 5 nitrogen and oxygen atoms in total. The molecule has 5 heteroatoms. The number of carboxylic acid groups (broad SMARTS) is 1. The van der Waals surface area contributed by atoms with Crippen LogP contribution in [0.2, 0.25) is 0 Å². The second-order valence-electron chi connectivity index (χ2n) is 4.38. The number of fused-ring (bicyclic) bond motifs is 1. The molecule has 1 aromatic carbocycles. The minimum absolute atomic E-state index is 0.0616. The average molecular weight is 267 g/mol.